The average molecular weight is 352 g/mol. The Balaban J connectivity index is 1.99. The maximum Gasteiger partial charge on any atom is 0.223 e. The second kappa shape index (κ2) is 5.56. The van der Waals surface area contributed by atoms with Gasteiger partial charge in [-0.3, -0.25) is 0 Å². The summed E-state index contributed by atoms with van der Waals surface area (Å²) in [6.07, 6.45) is -0.278. The summed E-state index contributed by atoms with van der Waals surface area (Å²) in [5, 5.41) is 0. The topological polar surface area (TPSA) is 21.6 Å². The van der Waals surface area contributed by atoms with Gasteiger partial charge in [0.15, 0.2) is 0 Å². The van der Waals surface area contributed by atoms with Crippen molar-refractivity contribution in [2.75, 3.05) is 0 Å². The molecule has 0 aliphatic carbocycles. The molecule has 0 amide bonds. The molecule has 2 aromatic rings. The van der Waals surface area contributed by atoms with Gasteiger partial charge >= 0.3 is 0 Å². The van der Waals surface area contributed by atoms with Crippen LogP contribution in [0.5, 0.6) is 0 Å². The molecule has 0 saturated carbocycles. The van der Waals surface area contributed by atoms with Crippen LogP contribution < -0.4 is 0 Å². The van der Waals surface area contributed by atoms with Gasteiger partial charge in [-0.25, -0.2) is 13.8 Å². The molecule has 2 nitrogen and oxygen atoms in total. The van der Waals surface area contributed by atoms with Crippen molar-refractivity contribution in [3.63, 3.8) is 0 Å². The van der Waals surface area contributed by atoms with Gasteiger partial charge in [0.1, 0.15) is 29.3 Å². The highest BCUT2D eigenvalue weighted by Crippen LogP contribution is 2.32. The zero-order valence-electron chi connectivity index (χ0n) is 11.2. The van der Waals surface area contributed by atoms with Gasteiger partial charge < -0.3 is 4.74 Å². The summed E-state index contributed by atoms with van der Waals surface area (Å²) in [6, 6.07) is 11.1. The number of aliphatic imine (C=N–C) groups is 1. The number of ether oxygens (including phenoxy) is 1. The summed E-state index contributed by atoms with van der Waals surface area (Å²) in [5.41, 5.74) is 0.737. The molecule has 0 bridgehead atoms. The number of rotatable bonds is 2. The monoisotopic (exact) mass is 351 g/mol. The normalized spacial score (nSPS) is 21.0. The first-order chi connectivity index (χ1) is 10.1. The van der Waals surface area contributed by atoms with Gasteiger partial charge in [0.25, 0.3) is 0 Å². The number of hydrogen-bond donors (Lipinski definition) is 0. The summed E-state index contributed by atoms with van der Waals surface area (Å²) in [5.74, 6) is -1.32. The second-order valence-corrected chi connectivity index (χ2v) is 5.77. The van der Waals surface area contributed by atoms with E-state index in [2.05, 4.69) is 20.9 Å². The highest BCUT2D eigenvalue weighted by atomic mass is 79.9. The third kappa shape index (κ3) is 2.70. The van der Waals surface area contributed by atoms with E-state index in [1.54, 1.807) is 0 Å². The van der Waals surface area contributed by atoms with Crippen molar-refractivity contribution in [2.45, 2.75) is 19.1 Å². The molecule has 0 aromatic heterocycles. The van der Waals surface area contributed by atoms with Crippen LogP contribution in [0, 0.1) is 11.6 Å². The standard InChI is InChI=1S/C16H12BrF2NO/c1-9-15(10-5-7-11(17)8-6-10)20-16(21-9)14-12(18)3-2-4-13(14)19/h2-9,15H,1H3/t9-,15+/m0/s1. The largest absolute Gasteiger partial charge is 0.472 e. The van der Waals surface area contributed by atoms with E-state index in [1.807, 2.05) is 31.2 Å². The average Bonchev–Trinajstić information content (AvgIpc) is 2.81. The Kier molecular flexibility index (Phi) is 3.76. The van der Waals surface area contributed by atoms with Gasteiger partial charge in [-0.2, -0.15) is 0 Å². The zero-order valence-corrected chi connectivity index (χ0v) is 12.8. The molecule has 2 aromatic carbocycles. The molecule has 0 unspecified atom stereocenters. The Morgan fingerprint density at radius 2 is 1.67 bits per heavy atom. The lowest BCUT2D eigenvalue weighted by atomic mass is 10.0. The van der Waals surface area contributed by atoms with Gasteiger partial charge in [-0.1, -0.05) is 34.1 Å². The zero-order chi connectivity index (χ0) is 15.0. The van der Waals surface area contributed by atoms with E-state index < -0.39 is 11.6 Å². The van der Waals surface area contributed by atoms with Crippen molar-refractivity contribution in [3.8, 4) is 0 Å². The van der Waals surface area contributed by atoms with E-state index in [-0.39, 0.29) is 23.6 Å². The second-order valence-electron chi connectivity index (χ2n) is 4.85. The van der Waals surface area contributed by atoms with Crippen LogP contribution >= 0.6 is 15.9 Å². The van der Waals surface area contributed by atoms with Gasteiger partial charge in [-0.15, -0.1) is 0 Å². The van der Waals surface area contributed by atoms with E-state index in [0.29, 0.717) is 0 Å². The minimum atomic E-state index is -0.669. The first-order valence-corrected chi connectivity index (χ1v) is 7.30. The highest BCUT2D eigenvalue weighted by Gasteiger charge is 2.31. The summed E-state index contributed by atoms with van der Waals surface area (Å²) < 4.78 is 34.1. The molecular weight excluding hydrogens is 340 g/mol. The van der Waals surface area contributed by atoms with Gasteiger partial charge in [0, 0.05) is 4.47 Å². The van der Waals surface area contributed by atoms with Crippen molar-refractivity contribution < 1.29 is 13.5 Å². The summed E-state index contributed by atoms with van der Waals surface area (Å²) >= 11 is 3.37. The van der Waals surface area contributed by atoms with E-state index in [0.717, 1.165) is 10.0 Å². The molecule has 0 radical (unpaired) electrons. The maximum atomic E-state index is 13.8. The van der Waals surface area contributed by atoms with Crippen molar-refractivity contribution in [3.05, 3.63) is 69.7 Å². The van der Waals surface area contributed by atoms with Gasteiger partial charge in [-0.05, 0) is 36.8 Å². The Morgan fingerprint density at radius 3 is 2.29 bits per heavy atom. The van der Waals surface area contributed by atoms with E-state index in [1.165, 1.54) is 18.2 Å². The first kappa shape index (κ1) is 14.2. The van der Waals surface area contributed by atoms with Crippen molar-refractivity contribution in [1.29, 1.82) is 0 Å². The molecule has 0 fully saturated rings. The third-order valence-electron chi connectivity index (χ3n) is 3.39. The minimum absolute atomic E-state index is 0.0195. The fourth-order valence-electron chi connectivity index (χ4n) is 2.33. The van der Waals surface area contributed by atoms with Gasteiger partial charge in [0.05, 0.1) is 0 Å². The van der Waals surface area contributed by atoms with Crippen LogP contribution in [-0.4, -0.2) is 12.0 Å². The van der Waals surface area contributed by atoms with E-state index in [9.17, 15) is 8.78 Å². The van der Waals surface area contributed by atoms with Crippen LogP contribution in [0.2, 0.25) is 0 Å². The summed E-state index contributed by atoms with van der Waals surface area (Å²) in [4.78, 5) is 4.36. The first-order valence-electron chi connectivity index (χ1n) is 6.50. The lowest BCUT2D eigenvalue weighted by molar-refractivity contribution is 0.213. The number of hydrogen-bond acceptors (Lipinski definition) is 2. The molecule has 1 aliphatic rings. The number of nitrogens with zero attached hydrogens (tertiary/aromatic N) is 1. The van der Waals surface area contributed by atoms with Crippen LogP contribution in [0.4, 0.5) is 8.78 Å². The van der Waals surface area contributed by atoms with Crippen molar-refractivity contribution >= 4 is 21.8 Å². The number of benzene rings is 2. The van der Waals surface area contributed by atoms with Crippen LogP contribution in [0.3, 0.4) is 0 Å². The molecule has 0 N–H and O–H groups in total. The molecule has 108 valence electrons. The number of halogens is 3. The quantitative estimate of drug-likeness (QED) is 0.772. The Bertz CT molecular complexity index is 680. The summed E-state index contributed by atoms with van der Waals surface area (Å²) in [7, 11) is 0. The van der Waals surface area contributed by atoms with Gasteiger partial charge in [0.2, 0.25) is 5.90 Å². The molecule has 0 saturated heterocycles. The van der Waals surface area contributed by atoms with Crippen LogP contribution in [0.25, 0.3) is 0 Å². The molecule has 2 atom stereocenters. The molecule has 5 heteroatoms. The van der Waals surface area contributed by atoms with Crippen molar-refractivity contribution in [2.24, 2.45) is 4.99 Å². The van der Waals surface area contributed by atoms with E-state index >= 15 is 0 Å². The smallest absolute Gasteiger partial charge is 0.223 e. The molecular formula is C16H12BrF2NO. The molecule has 1 heterocycles. The Hall–Kier alpha value is -1.75. The third-order valence-corrected chi connectivity index (χ3v) is 3.92. The van der Waals surface area contributed by atoms with E-state index in [4.69, 9.17) is 4.74 Å². The lowest BCUT2D eigenvalue weighted by Crippen LogP contribution is -2.14. The Morgan fingerprint density at radius 1 is 1.05 bits per heavy atom. The molecule has 3 rings (SSSR count). The SMILES string of the molecule is C[C@@H]1OC(c2c(F)cccc2F)=N[C@H]1c1ccc(Br)cc1. The fourth-order valence-corrected chi connectivity index (χ4v) is 2.60. The maximum absolute atomic E-state index is 13.8. The Labute approximate surface area is 129 Å². The molecule has 0 spiro atoms. The van der Waals surface area contributed by atoms with Crippen LogP contribution in [0.1, 0.15) is 24.1 Å². The predicted molar refractivity (Wildman–Crippen MR) is 80.3 cm³/mol. The van der Waals surface area contributed by atoms with Crippen molar-refractivity contribution in [1.82, 2.24) is 0 Å². The lowest BCUT2D eigenvalue weighted by Gasteiger charge is -2.13. The van der Waals surface area contributed by atoms with Crippen LogP contribution in [0.15, 0.2) is 51.9 Å². The fraction of sp³-hybridized carbons (Fsp3) is 0.188. The predicted octanol–water partition coefficient (Wildman–Crippen LogP) is 4.63. The summed E-state index contributed by atoms with van der Waals surface area (Å²) in [6.45, 7) is 1.84. The molecule has 21 heavy (non-hydrogen) atoms. The minimum Gasteiger partial charge on any atom is -0.472 e. The molecule has 1 aliphatic heterocycles. The highest BCUT2D eigenvalue weighted by molar-refractivity contribution is 9.10. The van der Waals surface area contributed by atoms with Crippen LogP contribution in [-0.2, 0) is 4.74 Å².